The van der Waals surface area contributed by atoms with Gasteiger partial charge in [-0.25, -0.2) is 8.42 Å². The smallest absolute Gasteiger partial charge is 0.207 e. The van der Waals surface area contributed by atoms with Gasteiger partial charge < -0.3 is 0 Å². The van der Waals surface area contributed by atoms with E-state index in [0.29, 0.717) is 18.4 Å². The first-order chi connectivity index (χ1) is 8.42. The zero-order valence-electron chi connectivity index (χ0n) is 9.88. The maximum absolute atomic E-state index is 12.0. The molecule has 116 valence electrons. The molecule has 11 heteroatoms. The van der Waals surface area contributed by atoms with Gasteiger partial charge in [-0.3, -0.25) is 0 Å². The van der Waals surface area contributed by atoms with Crippen molar-refractivity contribution in [2.45, 2.75) is 38.9 Å². The van der Waals surface area contributed by atoms with E-state index in [2.05, 4.69) is 0 Å². The molecule has 0 spiro atoms. The van der Waals surface area contributed by atoms with E-state index in [1.807, 2.05) is 6.92 Å². The molecule has 0 aliphatic heterocycles. The van der Waals surface area contributed by atoms with E-state index >= 15 is 0 Å². The van der Waals surface area contributed by atoms with Crippen LogP contribution in [0.15, 0.2) is 0 Å². The van der Waals surface area contributed by atoms with Gasteiger partial charge in [-0.05, 0) is 18.4 Å². The minimum absolute atomic E-state index is 0.106. The average Bonchev–Trinajstić information content (AvgIpc) is 2.19. The van der Waals surface area contributed by atoms with Crippen molar-refractivity contribution in [2.75, 3.05) is 6.54 Å². The lowest BCUT2D eigenvalue weighted by atomic mass is 10.2. The highest BCUT2D eigenvalue weighted by atomic mass is 35.6. The topological polar surface area (TPSA) is 37.4 Å². The van der Waals surface area contributed by atoms with Crippen LogP contribution in [-0.2, 0) is 10.0 Å². The molecule has 0 saturated carbocycles. The lowest BCUT2D eigenvalue weighted by molar-refractivity contribution is 0.523. The second kappa shape index (κ2) is 8.59. The molecule has 0 aromatic rings. The first-order valence-electron chi connectivity index (χ1n) is 5.26. The number of halogens is 6. The van der Waals surface area contributed by atoms with Gasteiger partial charge in [-0.15, -0.1) is 3.71 Å². The van der Waals surface area contributed by atoms with Crippen molar-refractivity contribution in [2.24, 2.45) is 0 Å². The Morgan fingerprint density at radius 1 is 1.00 bits per heavy atom. The Kier molecular flexibility index (Phi) is 9.49. The maximum Gasteiger partial charge on any atom is 0.307 e. The van der Waals surface area contributed by atoms with Crippen LogP contribution in [0.5, 0.6) is 0 Å². The van der Waals surface area contributed by atoms with Gasteiger partial charge in [0.1, 0.15) is 0 Å². The Bertz CT molecular complexity index is 364. The van der Waals surface area contributed by atoms with E-state index in [0.717, 1.165) is 23.0 Å². The summed E-state index contributed by atoms with van der Waals surface area (Å²) in [6.45, 7) is 2.14. The third-order valence-electron chi connectivity index (χ3n) is 1.96. The molecule has 0 fully saturated rings. The zero-order chi connectivity index (χ0) is 15.3. The van der Waals surface area contributed by atoms with Gasteiger partial charge in [0.15, 0.2) is 0 Å². The lowest BCUT2D eigenvalue weighted by Gasteiger charge is -2.27. The molecule has 0 rings (SSSR count). The highest BCUT2D eigenvalue weighted by molar-refractivity contribution is 8.13. The summed E-state index contributed by atoms with van der Waals surface area (Å²) in [4.78, 5) is 0. The number of hydrogen-bond donors (Lipinski definition) is 0. The Balaban J connectivity index is 4.88. The van der Waals surface area contributed by atoms with Gasteiger partial charge in [0, 0.05) is 6.54 Å². The van der Waals surface area contributed by atoms with Gasteiger partial charge in [0.25, 0.3) is 13.1 Å². The Morgan fingerprint density at radius 2 is 1.53 bits per heavy atom. The molecule has 0 aliphatic carbocycles. The van der Waals surface area contributed by atoms with Crippen LogP contribution in [0.4, 0.5) is 0 Å². The molecule has 0 N–H and O–H groups in total. The molecule has 3 nitrogen and oxygen atoms in total. The molecule has 0 radical (unpaired) electrons. The second-order valence-electron chi connectivity index (χ2n) is 3.57. The van der Waals surface area contributed by atoms with Crippen molar-refractivity contribution in [3.05, 3.63) is 0 Å². The van der Waals surface area contributed by atoms with Crippen molar-refractivity contribution in [3.8, 4) is 0 Å². The largest absolute Gasteiger partial charge is 0.307 e. The van der Waals surface area contributed by atoms with E-state index in [9.17, 15) is 8.42 Å². The zero-order valence-corrected chi connectivity index (χ0v) is 16.1. The molecule has 0 atom stereocenters. The van der Waals surface area contributed by atoms with Crippen LogP contribution in [0.2, 0.25) is 0 Å². The van der Waals surface area contributed by atoms with Gasteiger partial charge in [0.2, 0.25) is 0 Å². The highest BCUT2D eigenvalue weighted by Gasteiger charge is 2.45. The van der Waals surface area contributed by atoms with Gasteiger partial charge in [-0.2, -0.15) is 0 Å². The fourth-order valence-electron chi connectivity index (χ4n) is 1.11. The SMILES string of the molecule is CCCCCCN(SC(Cl)(Cl)Cl)S(=O)(=O)C(Cl)(Cl)Cl. The Labute approximate surface area is 148 Å². The van der Waals surface area contributed by atoms with Gasteiger partial charge >= 0.3 is 3.12 Å². The number of hydrogen-bond acceptors (Lipinski definition) is 3. The molecular formula is C8H13Cl6NO2S2. The van der Waals surface area contributed by atoms with Crippen molar-refractivity contribution >= 4 is 91.6 Å². The fraction of sp³-hybridized carbons (Fsp3) is 1.00. The summed E-state index contributed by atoms with van der Waals surface area (Å²) in [7, 11) is -4.22. The summed E-state index contributed by atoms with van der Waals surface area (Å²) in [5.74, 6) is 0. The standard InChI is InChI=1S/C8H13Cl6NO2S2/c1-2-3-4-5-6-15(18-7(9,10)11)19(16,17)8(12,13)14/h2-6H2,1H3. The summed E-state index contributed by atoms with van der Waals surface area (Å²) in [6.07, 6.45) is 3.40. The molecule has 0 aliphatic rings. The van der Waals surface area contributed by atoms with E-state index < -0.39 is 16.3 Å². The van der Waals surface area contributed by atoms with Crippen LogP contribution in [0.25, 0.3) is 0 Å². The number of sulfonamides is 1. The van der Waals surface area contributed by atoms with Crippen molar-refractivity contribution in [1.29, 1.82) is 0 Å². The molecule has 0 amide bonds. The Morgan fingerprint density at radius 3 is 1.89 bits per heavy atom. The minimum atomic E-state index is -4.22. The van der Waals surface area contributed by atoms with Crippen molar-refractivity contribution in [1.82, 2.24) is 3.71 Å². The maximum atomic E-state index is 12.0. The molecule has 0 bridgehead atoms. The predicted octanol–water partition coefficient (Wildman–Crippen LogP) is 5.50. The molecular weight excluding hydrogens is 419 g/mol. The number of alkyl halides is 6. The van der Waals surface area contributed by atoms with Crippen LogP contribution < -0.4 is 0 Å². The summed E-state index contributed by atoms with van der Waals surface area (Å²) in [6, 6.07) is 0. The first-order valence-corrected chi connectivity index (χ1v) is 9.75. The van der Waals surface area contributed by atoms with E-state index in [4.69, 9.17) is 69.6 Å². The first kappa shape index (κ1) is 21.0. The normalized spacial score (nSPS) is 14.1. The summed E-state index contributed by atoms with van der Waals surface area (Å²) < 4.78 is 20.5. The predicted molar refractivity (Wildman–Crippen MR) is 87.9 cm³/mol. The summed E-state index contributed by atoms with van der Waals surface area (Å²) in [5.41, 5.74) is 0. The van der Waals surface area contributed by atoms with Crippen LogP contribution in [0.3, 0.4) is 0 Å². The van der Waals surface area contributed by atoms with Crippen LogP contribution in [0, 0.1) is 0 Å². The van der Waals surface area contributed by atoms with Gasteiger partial charge in [-0.1, -0.05) is 95.8 Å². The monoisotopic (exact) mass is 429 g/mol. The third kappa shape index (κ3) is 8.27. The molecule has 0 aromatic heterocycles. The minimum Gasteiger partial charge on any atom is -0.207 e. The summed E-state index contributed by atoms with van der Waals surface area (Å²) in [5, 5.41) is 0. The number of rotatable bonds is 7. The van der Waals surface area contributed by atoms with E-state index in [1.54, 1.807) is 0 Å². The molecule has 0 aromatic carbocycles. The van der Waals surface area contributed by atoms with E-state index in [1.165, 1.54) is 0 Å². The second-order valence-corrected chi connectivity index (χ2v) is 13.0. The lowest BCUT2D eigenvalue weighted by Crippen LogP contribution is -2.36. The van der Waals surface area contributed by atoms with Crippen LogP contribution in [-0.4, -0.2) is 24.9 Å². The van der Waals surface area contributed by atoms with Gasteiger partial charge in [0.05, 0.1) is 0 Å². The molecule has 19 heavy (non-hydrogen) atoms. The van der Waals surface area contributed by atoms with E-state index in [-0.39, 0.29) is 6.54 Å². The fourth-order valence-corrected chi connectivity index (χ4v) is 5.46. The molecule has 0 heterocycles. The Hall–Kier alpha value is 2.00. The van der Waals surface area contributed by atoms with Crippen molar-refractivity contribution in [3.63, 3.8) is 0 Å². The highest BCUT2D eigenvalue weighted by Crippen LogP contribution is 2.46. The number of unbranched alkanes of at least 4 members (excludes halogenated alkanes) is 3. The van der Waals surface area contributed by atoms with Crippen molar-refractivity contribution < 1.29 is 8.42 Å². The average molecular weight is 432 g/mol. The number of nitrogens with zero attached hydrogens (tertiary/aromatic N) is 1. The molecule has 0 unspecified atom stereocenters. The van der Waals surface area contributed by atoms with Crippen LogP contribution >= 0.6 is 81.6 Å². The van der Waals surface area contributed by atoms with Crippen LogP contribution in [0.1, 0.15) is 32.6 Å². The quantitative estimate of drug-likeness (QED) is 0.303. The summed E-state index contributed by atoms with van der Waals surface area (Å²) >= 11 is 33.6. The molecule has 0 saturated heterocycles. The third-order valence-corrected chi connectivity index (χ3v) is 7.05.